The summed E-state index contributed by atoms with van der Waals surface area (Å²) in [5, 5.41) is 25.6. The number of aliphatic hydroxyl groups excluding tert-OH is 1. The van der Waals surface area contributed by atoms with Gasteiger partial charge in [0, 0.05) is 59.8 Å². The third kappa shape index (κ3) is 6.59. The van der Waals surface area contributed by atoms with Gasteiger partial charge in [0.15, 0.2) is 0 Å². The number of carbonyl (C=O) groups is 1. The second-order valence-electron chi connectivity index (χ2n) is 12.1. The van der Waals surface area contributed by atoms with Gasteiger partial charge in [0.2, 0.25) is 6.41 Å². The van der Waals surface area contributed by atoms with Crippen molar-refractivity contribution in [2.24, 2.45) is 0 Å². The first kappa shape index (κ1) is 30.7. The van der Waals surface area contributed by atoms with E-state index in [1.165, 1.54) is 7.11 Å². The predicted molar refractivity (Wildman–Crippen MR) is 163 cm³/mol. The molecule has 1 fully saturated rings. The molecule has 43 heavy (non-hydrogen) atoms. The molecule has 10 nitrogen and oxygen atoms in total. The third-order valence-corrected chi connectivity index (χ3v) is 8.16. The highest BCUT2D eigenvalue weighted by molar-refractivity contribution is 6.30. The summed E-state index contributed by atoms with van der Waals surface area (Å²) >= 11 is 6.16. The zero-order valence-corrected chi connectivity index (χ0v) is 26.0. The molecule has 1 saturated heterocycles. The number of amides is 1. The number of aromatic nitrogens is 2. The molecule has 0 spiro atoms. The number of hydrogen-bond donors (Lipinski definition) is 1. The minimum absolute atomic E-state index is 0.0423. The lowest BCUT2D eigenvalue weighted by molar-refractivity contribution is -0.0795. The topological polar surface area (TPSA) is 113 Å². The SMILES string of the molecule is COC(O)N1c2ccc(-c3cnn(C4CCN(C(=O)OC(C)(C)C)CC4)c3)c(Oc3ccc(Cl)cc3C#N)c2CC[C@@H]1C. The normalized spacial score (nSPS) is 18.1. The zero-order chi connectivity index (χ0) is 30.9. The number of nitriles is 1. The van der Waals surface area contributed by atoms with Crippen molar-refractivity contribution in [3.05, 3.63) is 58.9 Å². The molecule has 0 radical (unpaired) electrons. The summed E-state index contributed by atoms with van der Waals surface area (Å²) in [6.07, 6.45) is 5.40. The summed E-state index contributed by atoms with van der Waals surface area (Å²) in [6, 6.07) is 11.2. The van der Waals surface area contributed by atoms with Crippen LogP contribution < -0.4 is 9.64 Å². The molecule has 0 saturated carbocycles. The fraction of sp³-hybridized carbons (Fsp3) is 0.469. The minimum atomic E-state index is -1.12. The average molecular weight is 608 g/mol. The van der Waals surface area contributed by atoms with Crippen LogP contribution in [0.1, 0.15) is 64.1 Å². The van der Waals surface area contributed by atoms with Crippen LogP contribution in [0.3, 0.4) is 0 Å². The van der Waals surface area contributed by atoms with Crippen LogP contribution in [0, 0.1) is 11.3 Å². The van der Waals surface area contributed by atoms with Crippen molar-refractivity contribution >= 4 is 23.4 Å². The van der Waals surface area contributed by atoms with Gasteiger partial charge < -0.3 is 29.1 Å². The molecule has 0 bridgehead atoms. The van der Waals surface area contributed by atoms with Crippen LogP contribution in [0.2, 0.25) is 5.02 Å². The van der Waals surface area contributed by atoms with Crippen LogP contribution in [0.25, 0.3) is 11.1 Å². The van der Waals surface area contributed by atoms with Crippen LogP contribution in [0.15, 0.2) is 42.7 Å². The van der Waals surface area contributed by atoms with Gasteiger partial charge in [-0.05, 0) is 83.7 Å². The number of rotatable bonds is 6. The van der Waals surface area contributed by atoms with Crippen molar-refractivity contribution in [3.8, 4) is 28.7 Å². The van der Waals surface area contributed by atoms with Gasteiger partial charge in [-0.1, -0.05) is 11.6 Å². The largest absolute Gasteiger partial charge is 0.455 e. The van der Waals surface area contributed by atoms with E-state index in [1.807, 2.05) is 61.8 Å². The maximum Gasteiger partial charge on any atom is 0.410 e. The summed E-state index contributed by atoms with van der Waals surface area (Å²) in [6.45, 7) is 8.83. The Bertz CT molecular complexity index is 1520. The number of halogens is 1. The number of anilines is 1. The number of benzene rings is 2. The minimum Gasteiger partial charge on any atom is -0.455 e. The maximum atomic E-state index is 12.5. The van der Waals surface area contributed by atoms with Gasteiger partial charge in [-0.3, -0.25) is 4.68 Å². The molecule has 0 aliphatic carbocycles. The summed E-state index contributed by atoms with van der Waals surface area (Å²) in [4.78, 5) is 16.1. The maximum absolute atomic E-state index is 12.5. The first-order chi connectivity index (χ1) is 20.5. The fourth-order valence-electron chi connectivity index (χ4n) is 5.73. The lowest BCUT2D eigenvalue weighted by Crippen LogP contribution is -2.46. The molecule has 1 amide bonds. The number of piperidine rings is 1. The zero-order valence-electron chi connectivity index (χ0n) is 25.2. The lowest BCUT2D eigenvalue weighted by Gasteiger charge is -2.40. The van der Waals surface area contributed by atoms with Crippen LogP contribution in [-0.2, 0) is 15.9 Å². The second kappa shape index (κ2) is 12.4. The smallest absolute Gasteiger partial charge is 0.410 e. The average Bonchev–Trinajstić information content (AvgIpc) is 3.47. The van der Waals surface area contributed by atoms with E-state index in [0.29, 0.717) is 41.6 Å². The summed E-state index contributed by atoms with van der Waals surface area (Å²) in [5.41, 5.74) is 3.18. The molecule has 1 N–H and O–H groups in total. The van der Waals surface area contributed by atoms with Gasteiger partial charge in [-0.25, -0.2) is 4.79 Å². The van der Waals surface area contributed by atoms with Crippen molar-refractivity contribution < 1.29 is 24.1 Å². The van der Waals surface area contributed by atoms with Gasteiger partial charge in [0.25, 0.3) is 0 Å². The highest BCUT2D eigenvalue weighted by atomic mass is 35.5. The first-order valence-electron chi connectivity index (χ1n) is 14.5. The molecule has 1 aromatic heterocycles. The first-order valence-corrected chi connectivity index (χ1v) is 14.9. The van der Waals surface area contributed by atoms with Crippen LogP contribution >= 0.6 is 11.6 Å². The van der Waals surface area contributed by atoms with Crippen LogP contribution in [-0.4, -0.2) is 64.1 Å². The number of likely N-dealkylation sites (tertiary alicyclic amines) is 1. The van der Waals surface area contributed by atoms with E-state index >= 15 is 0 Å². The summed E-state index contributed by atoms with van der Waals surface area (Å²) < 4.78 is 19.3. The number of methoxy groups -OCH3 is 1. The standard InChI is InChI=1S/C32H38ClN5O5/c1-20-6-8-26-27(38(20)31(40)41-5)10-9-25(29(26)42-28-11-7-23(33)16-21(28)17-34)22-18-35-37(19-22)24-12-14-36(15-13-24)30(39)43-32(2,3)4/h7,9-11,16,18-20,24,31,40H,6,8,12-15H2,1-5H3/t20-,31?/m0/s1. The third-order valence-electron chi connectivity index (χ3n) is 7.93. The van der Waals surface area contributed by atoms with Crippen LogP contribution in [0.5, 0.6) is 11.5 Å². The molecule has 2 aromatic carbocycles. The number of carbonyl (C=O) groups excluding carboxylic acids is 1. The molecular weight excluding hydrogens is 570 g/mol. The molecule has 228 valence electrons. The monoisotopic (exact) mass is 607 g/mol. The fourth-order valence-corrected chi connectivity index (χ4v) is 5.90. The predicted octanol–water partition coefficient (Wildman–Crippen LogP) is 6.50. The summed E-state index contributed by atoms with van der Waals surface area (Å²) in [7, 11) is 1.47. The van der Waals surface area contributed by atoms with Crippen molar-refractivity contribution in [1.29, 1.82) is 5.26 Å². The summed E-state index contributed by atoms with van der Waals surface area (Å²) in [5.74, 6) is 0.983. The van der Waals surface area contributed by atoms with E-state index in [0.717, 1.165) is 41.6 Å². The molecule has 3 aromatic rings. The van der Waals surface area contributed by atoms with E-state index in [4.69, 9.17) is 30.9 Å². The number of ether oxygens (including phenoxy) is 3. The highest BCUT2D eigenvalue weighted by Crippen LogP contribution is 2.46. The second-order valence-corrected chi connectivity index (χ2v) is 12.5. The van der Waals surface area contributed by atoms with Crippen molar-refractivity contribution in [3.63, 3.8) is 0 Å². The van der Waals surface area contributed by atoms with Gasteiger partial charge >= 0.3 is 6.09 Å². The Kier molecular flexibility index (Phi) is 8.88. The van der Waals surface area contributed by atoms with E-state index < -0.39 is 12.0 Å². The number of aliphatic hydroxyl groups is 1. The Labute approximate surface area is 257 Å². The number of nitrogens with zero attached hydrogens (tertiary/aromatic N) is 5. The Morgan fingerprint density at radius 2 is 1.93 bits per heavy atom. The van der Waals surface area contributed by atoms with E-state index in [9.17, 15) is 15.2 Å². The molecular formula is C32H38ClN5O5. The quantitative estimate of drug-likeness (QED) is 0.316. The van der Waals surface area contributed by atoms with Crippen molar-refractivity contribution in [2.75, 3.05) is 25.1 Å². The molecule has 2 aliphatic rings. The van der Waals surface area contributed by atoms with Gasteiger partial charge in [-0.15, -0.1) is 0 Å². The van der Waals surface area contributed by atoms with Gasteiger partial charge in [-0.2, -0.15) is 10.4 Å². The molecule has 3 heterocycles. The Morgan fingerprint density at radius 1 is 1.19 bits per heavy atom. The molecule has 1 unspecified atom stereocenters. The molecule has 2 atom stereocenters. The molecule has 2 aliphatic heterocycles. The van der Waals surface area contributed by atoms with E-state index in [2.05, 4.69) is 6.07 Å². The van der Waals surface area contributed by atoms with E-state index in [-0.39, 0.29) is 18.2 Å². The Morgan fingerprint density at radius 3 is 2.60 bits per heavy atom. The Hall–Kier alpha value is -3.78. The Balaban J connectivity index is 1.48. The number of fused-ring (bicyclic) bond motifs is 1. The lowest BCUT2D eigenvalue weighted by atomic mass is 9.92. The van der Waals surface area contributed by atoms with Crippen molar-refractivity contribution in [2.45, 2.75) is 77.5 Å². The molecule has 5 rings (SSSR count). The van der Waals surface area contributed by atoms with E-state index in [1.54, 1.807) is 23.1 Å². The molecule has 11 heteroatoms. The highest BCUT2D eigenvalue weighted by Gasteiger charge is 2.33. The van der Waals surface area contributed by atoms with Gasteiger partial charge in [0.1, 0.15) is 23.2 Å². The van der Waals surface area contributed by atoms with Crippen LogP contribution in [0.4, 0.5) is 10.5 Å². The number of hydrogen-bond acceptors (Lipinski definition) is 8. The van der Waals surface area contributed by atoms with Crippen molar-refractivity contribution in [1.82, 2.24) is 14.7 Å². The van der Waals surface area contributed by atoms with Gasteiger partial charge in [0.05, 0.1) is 17.8 Å².